The molecule has 0 unspecified atom stereocenters. The van der Waals surface area contributed by atoms with Crippen molar-refractivity contribution in [2.45, 2.75) is 0 Å². The van der Waals surface area contributed by atoms with Crippen LogP contribution in [0.15, 0.2) is 303 Å². The van der Waals surface area contributed by atoms with E-state index in [1.165, 1.54) is 44.6 Å². The van der Waals surface area contributed by atoms with Gasteiger partial charge in [-0.2, -0.15) is 0 Å². The van der Waals surface area contributed by atoms with Crippen molar-refractivity contribution in [3.05, 3.63) is 303 Å². The number of hydrogen-bond acceptors (Lipinski definition) is 0. The third kappa shape index (κ3) is 16.6. The molecule has 0 radical (unpaired) electrons. The summed E-state index contributed by atoms with van der Waals surface area (Å²) in [6, 6.07) is 116. The molecule has 0 amide bonds. The second-order valence-corrected chi connectivity index (χ2v) is 47.1. The van der Waals surface area contributed by atoms with Crippen LogP contribution < -0.4 is 98.2 Å². The molecular weight excluding hydrogens is 1810 g/mol. The molecule has 0 aliphatic heterocycles. The Kier molecular flexibility index (Phi) is 23.2. The monoisotopic (exact) mass is 1870 g/mol. The topological polar surface area (TPSA) is 0 Å². The van der Waals surface area contributed by atoms with Crippen LogP contribution in [0.4, 0.5) is 0 Å². The van der Waals surface area contributed by atoms with Crippen LogP contribution in [-0.2, 0) is 0 Å². The quantitative estimate of drug-likeness (QED) is 0.0624. The van der Waals surface area contributed by atoms with Crippen molar-refractivity contribution in [2.75, 3.05) is 0 Å². The summed E-state index contributed by atoms with van der Waals surface area (Å²) in [4.78, 5) is 0. The van der Waals surface area contributed by atoms with Gasteiger partial charge in [0.1, 0.15) is 0 Å². The van der Waals surface area contributed by atoms with Gasteiger partial charge in [-0.1, -0.05) is 0 Å². The second-order valence-electron chi connectivity index (χ2n) is 18.3. The van der Waals surface area contributed by atoms with E-state index < -0.39 is 0 Å². The summed E-state index contributed by atoms with van der Waals surface area (Å²) in [5, 5.41) is 0. The van der Waals surface area contributed by atoms with Gasteiger partial charge in [0, 0.05) is 0 Å². The van der Waals surface area contributed by atoms with Crippen LogP contribution in [0.1, 0.15) is 0 Å². The van der Waals surface area contributed by atoms with E-state index in [1.807, 2.05) is 0 Å². The Morgan fingerprint density at radius 2 is 0.202 bits per heavy atom. The van der Waals surface area contributed by atoms with Crippen molar-refractivity contribution in [3.63, 3.8) is 0 Å². The maximum absolute atomic E-state index is 2.43. The first kappa shape index (κ1) is 61.1. The molecule has 0 bridgehead atoms. The van der Waals surface area contributed by atoms with Gasteiger partial charge < -0.3 is 0 Å². The first-order valence-electron chi connectivity index (χ1n) is 26.8. The van der Waals surface area contributed by atoms with Crippen LogP contribution in [0.5, 0.6) is 0 Å². The molecule has 0 fully saturated rings. The third-order valence-electron chi connectivity index (χ3n) is 12.3. The van der Waals surface area contributed by atoms with E-state index in [0.29, 0.717) is 0 Å². The van der Waals surface area contributed by atoms with Gasteiger partial charge in [0.2, 0.25) is 0 Å². The minimum atomic E-state index is 0.0699. The van der Waals surface area contributed by atoms with Crippen LogP contribution in [0.2, 0.25) is 0 Å². The first-order chi connectivity index (χ1) is 41.6. The fraction of sp³-hybridized carbons (Fsp3) is 0. The number of benzene rings is 12. The fourth-order valence-electron chi connectivity index (χ4n) is 8.46. The van der Waals surface area contributed by atoms with E-state index in [1.54, 1.807) is 53.5 Å². The van der Waals surface area contributed by atoms with E-state index in [0.717, 1.165) is 0 Å². The zero-order chi connectivity index (χ0) is 56.5. The summed E-state index contributed by atoms with van der Waals surface area (Å²) in [7, 11) is 0. The molecule has 12 rings (SSSR count). The SMILES string of the molecule is c1ccc([Se]c2c([Se][Se]c3c([Se]c4ccccc4)c([Se]c4ccccc4)c([Se]c4ccccc4)c([Se]c4ccccc4)c3[Se]c3ccccc3)c([Se]c3ccccc3)c([Se]c3ccccc3)c([Se]c3ccccc3)c2[Se]c2ccccc2)cc1. The van der Waals surface area contributed by atoms with Gasteiger partial charge in [0.15, 0.2) is 0 Å². The Balaban J connectivity index is 1.18. The second kappa shape index (κ2) is 31.9. The Hall–Kier alpha value is -3.13. The molecule has 0 aromatic heterocycles. The van der Waals surface area contributed by atoms with Crippen molar-refractivity contribution < 1.29 is 0 Å². The summed E-state index contributed by atoms with van der Waals surface area (Å²) < 4.78 is 34.8. The molecule has 0 nitrogen and oxygen atoms in total. The Labute approximate surface area is 569 Å². The minimum absolute atomic E-state index is 0.0699. The summed E-state index contributed by atoms with van der Waals surface area (Å²) in [5.74, 6) is 0. The Morgan fingerprint density at radius 3 is 0.310 bits per heavy atom. The van der Waals surface area contributed by atoms with E-state index in [9.17, 15) is 0 Å². The van der Waals surface area contributed by atoms with Crippen molar-refractivity contribution >= 4 is 274 Å². The zero-order valence-corrected chi connectivity index (χ0v) is 65.3. The van der Waals surface area contributed by atoms with E-state index in [-0.39, 0.29) is 176 Å². The number of rotatable bonds is 23. The summed E-state index contributed by atoms with van der Waals surface area (Å²) in [6.07, 6.45) is 0. The van der Waals surface area contributed by atoms with Gasteiger partial charge >= 0.3 is 577 Å². The molecule has 410 valence electrons. The average molecular weight is 1860 g/mol. The molecule has 12 heteroatoms. The van der Waals surface area contributed by atoms with Gasteiger partial charge in [0.05, 0.1) is 0 Å². The zero-order valence-electron chi connectivity index (χ0n) is 44.8. The molecule has 0 aliphatic carbocycles. The van der Waals surface area contributed by atoms with Crippen LogP contribution in [0, 0.1) is 0 Å². The molecular formula is C72H50Se12. The molecule has 0 saturated carbocycles. The first-order valence-corrected chi connectivity index (χ1v) is 49.9. The summed E-state index contributed by atoms with van der Waals surface area (Å²) in [6.45, 7) is 0. The molecule has 0 atom stereocenters. The van der Waals surface area contributed by atoms with Gasteiger partial charge in [-0.15, -0.1) is 0 Å². The van der Waals surface area contributed by atoms with Gasteiger partial charge in [-0.05, 0) is 0 Å². The molecule has 0 spiro atoms. The van der Waals surface area contributed by atoms with Crippen molar-refractivity contribution in [2.24, 2.45) is 0 Å². The van der Waals surface area contributed by atoms with Crippen LogP contribution in [0.3, 0.4) is 0 Å². The predicted molar refractivity (Wildman–Crippen MR) is 378 cm³/mol. The van der Waals surface area contributed by atoms with E-state index >= 15 is 0 Å². The Bertz CT molecular complexity index is 3540. The van der Waals surface area contributed by atoms with Crippen molar-refractivity contribution in [1.82, 2.24) is 0 Å². The van der Waals surface area contributed by atoms with Gasteiger partial charge in [0.25, 0.3) is 0 Å². The summed E-state index contributed by atoms with van der Waals surface area (Å²) >= 11 is 1.03. The van der Waals surface area contributed by atoms with Crippen molar-refractivity contribution in [3.8, 4) is 0 Å². The molecule has 0 heterocycles. The van der Waals surface area contributed by atoms with Gasteiger partial charge in [-0.3, -0.25) is 0 Å². The summed E-state index contributed by atoms with van der Waals surface area (Å²) in [5.41, 5.74) is 0. The molecule has 12 aromatic carbocycles. The Morgan fingerprint density at radius 1 is 0.107 bits per heavy atom. The molecule has 0 N–H and O–H groups in total. The normalized spacial score (nSPS) is 11.2. The molecule has 0 aliphatic rings. The van der Waals surface area contributed by atoms with Crippen molar-refractivity contribution in [1.29, 1.82) is 0 Å². The standard InChI is InChI=1S/C72H50Se12/c1-11-31-51(32-12-1)73-61-63(75-53-35-15-3-16-36-53)67(79-57-43-23-7-24-44-57)71(68(80-58-45-25-8-26-46-58)64(61)76-54-37-17-4-18-38-54)83-84-72-69(81-59-47-27-9-28-48-59)65(77-55-39-19-5-20-40-55)62(74-52-33-13-2-14-34-52)66(78-56-41-21-6-22-42-56)70(72)82-60-49-29-10-30-50-60/h1-50H. The number of hydrogen-bond donors (Lipinski definition) is 0. The van der Waals surface area contributed by atoms with E-state index in [2.05, 4.69) is 303 Å². The van der Waals surface area contributed by atoms with Crippen LogP contribution >= 0.6 is 0 Å². The molecule has 84 heavy (non-hydrogen) atoms. The fourth-order valence-corrected chi connectivity index (χ4v) is 55.4. The van der Waals surface area contributed by atoms with E-state index in [4.69, 9.17) is 0 Å². The maximum atomic E-state index is 2.43. The molecule has 0 saturated heterocycles. The molecule has 12 aromatic rings. The van der Waals surface area contributed by atoms with Gasteiger partial charge in [-0.25, -0.2) is 0 Å². The average Bonchev–Trinajstić information content (AvgIpc) is 1.61. The van der Waals surface area contributed by atoms with Crippen LogP contribution in [-0.4, -0.2) is 176 Å². The van der Waals surface area contributed by atoms with Crippen LogP contribution in [0.25, 0.3) is 0 Å². The predicted octanol–water partition coefficient (Wildman–Crippen LogP) is -2.49. The third-order valence-corrected chi connectivity index (χ3v) is 50.8.